The lowest BCUT2D eigenvalue weighted by atomic mass is 10.1. The number of hydrogen-bond donors (Lipinski definition) is 1. The average Bonchev–Trinajstić information content (AvgIpc) is 2.28. The summed E-state index contributed by atoms with van der Waals surface area (Å²) in [5.41, 5.74) is 5.98. The summed E-state index contributed by atoms with van der Waals surface area (Å²) in [5, 5.41) is 0. The van der Waals surface area contributed by atoms with Crippen LogP contribution in [-0.2, 0) is 15.5 Å². The molecule has 0 radical (unpaired) electrons. The zero-order valence-electron chi connectivity index (χ0n) is 8.91. The van der Waals surface area contributed by atoms with Crippen LogP contribution in [0.1, 0.15) is 5.56 Å². The van der Waals surface area contributed by atoms with Gasteiger partial charge < -0.3 is 14.8 Å². The lowest BCUT2D eigenvalue weighted by molar-refractivity contribution is -0.274. The first-order valence-corrected chi connectivity index (χ1v) is 5.05. The summed E-state index contributed by atoms with van der Waals surface area (Å²) in [7, 11) is 0. The number of benzene rings is 1. The van der Waals surface area contributed by atoms with Crippen molar-refractivity contribution in [3.63, 3.8) is 0 Å². The monoisotopic (exact) mass is 283 g/mol. The van der Waals surface area contributed by atoms with Crippen LogP contribution in [-0.4, -0.2) is 18.4 Å². The van der Waals surface area contributed by atoms with Crippen molar-refractivity contribution in [2.24, 2.45) is 5.73 Å². The molecule has 100 valence electrons. The van der Waals surface area contributed by atoms with Crippen molar-refractivity contribution in [1.29, 1.82) is 0 Å². The molecule has 1 unspecified atom stereocenters. The number of nitrogens with two attached hydrogens (primary N) is 1. The van der Waals surface area contributed by atoms with E-state index in [-0.39, 0.29) is 12.2 Å². The van der Waals surface area contributed by atoms with E-state index in [0.29, 0.717) is 5.56 Å². The molecular formula is C10H9ClF3NO3. The number of rotatable bonds is 4. The van der Waals surface area contributed by atoms with Crippen molar-refractivity contribution < 1.29 is 27.0 Å². The van der Waals surface area contributed by atoms with Crippen LogP contribution in [0.25, 0.3) is 0 Å². The van der Waals surface area contributed by atoms with Crippen LogP contribution in [0.2, 0.25) is 0 Å². The Morgan fingerprint density at radius 1 is 1.33 bits per heavy atom. The van der Waals surface area contributed by atoms with Gasteiger partial charge in [-0.05, 0) is 24.1 Å². The molecule has 0 fully saturated rings. The van der Waals surface area contributed by atoms with Crippen molar-refractivity contribution in [3.05, 3.63) is 29.8 Å². The van der Waals surface area contributed by atoms with Crippen LogP contribution in [0.5, 0.6) is 5.75 Å². The van der Waals surface area contributed by atoms with Gasteiger partial charge in [0.2, 0.25) is 0 Å². The van der Waals surface area contributed by atoms with E-state index in [1.165, 1.54) is 12.1 Å². The topological polar surface area (TPSA) is 61.5 Å². The first kappa shape index (κ1) is 14.6. The molecule has 1 rings (SSSR count). The van der Waals surface area contributed by atoms with E-state index in [1.54, 1.807) is 0 Å². The third-order valence-electron chi connectivity index (χ3n) is 1.99. The standard InChI is InChI=1S/C10H9ClF3NO3/c11-18-9(16)8(15)5-6-1-3-7(4-2-6)17-10(12,13)14/h1-4,8H,5,15H2. The lowest BCUT2D eigenvalue weighted by Gasteiger charge is -2.10. The van der Waals surface area contributed by atoms with Crippen LogP contribution in [0.3, 0.4) is 0 Å². The van der Waals surface area contributed by atoms with E-state index in [1.807, 2.05) is 0 Å². The molecule has 0 saturated carbocycles. The molecule has 0 bridgehead atoms. The van der Waals surface area contributed by atoms with Gasteiger partial charge >= 0.3 is 12.3 Å². The Hall–Kier alpha value is -1.47. The zero-order chi connectivity index (χ0) is 13.8. The van der Waals surface area contributed by atoms with Gasteiger partial charge in [0.1, 0.15) is 23.7 Å². The van der Waals surface area contributed by atoms with E-state index in [0.717, 1.165) is 12.1 Å². The molecule has 1 aromatic carbocycles. The molecule has 0 heterocycles. The second-order valence-electron chi connectivity index (χ2n) is 3.40. The summed E-state index contributed by atoms with van der Waals surface area (Å²) in [5.74, 6) is -1.16. The first-order chi connectivity index (χ1) is 8.31. The van der Waals surface area contributed by atoms with E-state index < -0.39 is 18.4 Å². The predicted molar refractivity (Wildman–Crippen MR) is 56.7 cm³/mol. The molecular weight excluding hydrogens is 275 g/mol. The van der Waals surface area contributed by atoms with Gasteiger partial charge in [0.05, 0.1) is 0 Å². The molecule has 1 aromatic rings. The largest absolute Gasteiger partial charge is 0.573 e. The summed E-state index contributed by atoms with van der Waals surface area (Å²) >= 11 is 4.84. The van der Waals surface area contributed by atoms with Gasteiger partial charge in [0, 0.05) is 0 Å². The smallest absolute Gasteiger partial charge is 0.406 e. The number of carbonyl (C=O) groups excluding carboxylic acids is 1. The molecule has 0 aromatic heterocycles. The first-order valence-electron chi connectivity index (χ1n) is 4.74. The predicted octanol–water partition coefficient (Wildman–Crippen LogP) is 2.15. The second kappa shape index (κ2) is 5.92. The van der Waals surface area contributed by atoms with Crippen LogP contribution in [0.15, 0.2) is 24.3 Å². The normalized spacial score (nSPS) is 12.9. The second-order valence-corrected chi connectivity index (χ2v) is 3.55. The maximum atomic E-state index is 11.9. The summed E-state index contributed by atoms with van der Waals surface area (Å²) < 4.78 is 43.3. The third-order valence-corrected chi connectivity index (χ3v) is 2.14. The SMILES string of the molecule is NC(Cc1ccc(OC(F)(F)F)cc1)C(=O)OCl. The molecule has 0 aliphatic carbocycles. The highest BCUT2D eigenvalue weighted by atomic mass is 35.5. The summed E-state index contributed by atoms with van der Waals surface area (Å²) in [4.78, 5) is 10.9. The van der Waals surface area contributed by atoms with Gasteiger partial charge in [-0.2, -0.15) is 0 Å². The van der Waals surface area contributed by atoms with Crippen molar-refractivity contribution in [3.8, 4) is 5.75 Å². The maximum Gasteiger partial charge on any atom is 0.573 e. The number of alkyl halides is 3. The fourth-order valence-corrected chi connectivity index (χ4v) is 1.34. The van der Waals surface area contributed by atoms with Gasteiger partial charge in [-0.25, -0.2) is 4.79 Å². The van der Waals surface area contributed by atoms with E-state index in [4.69, 9.17) is 17.6 Å². The highest BCUT2D eigenvalue weighted by molar-refractivity contribution is 6.13. The minimum Gasteiger partial charge on any atom is -0.406 e. The molecule has 18 heavy (non-hydrogen) atoms. The molecule has 1 atom stereocenters. The Morgan fingerprint density at radius 3 is 2.33 bits per heavy atom. The third kappa shape index (κ3) is 4.80. The van der Waals surface area contributed by atoms with Crippen LogP contribution >= 0.6 is 11.9 Å². The summed E-state index contributed by atoms with van der Waals surface area (Å²) in [6, 6.07) is 4.01. The molecule has 2 N–H and O–H groups in total. The Balaban J connectivity index is 2.63. The Morgan fingerprint density at radius 2 is 1.89 bits per heavy atom. The van der Waals surface area contributed by atoms with Crippen molar-refractivity contribution in [2.45, 2.75) is 18.8 Å². The summed E-state index contributed by atoms with van der Waals surface area (Å²) in [6.07, 6.45) is -4.64. The van der Waals surface area contributed by atoms with Crippen LogP contribution in [0.4, 0.5) is 13.2 Å². The lowest BCUT2D eigenvalue weighted by Crippen LogP contribution is -2.32. The summed E-state index contributed by atoms with van der Waals surface area (Å²) in [6.45, 7) is 0. The number of ether oxygens (including phenoxy) is 1. The quantitative estimate of drug-likeness (QED) is 0.920. The molecule has 0 aliphatic heterocycles. The molecule has 0 aliphatic rings. The Labute approximate surface area is 106 Å². The van der Waals surface area contributed by atoms with Crippen LogP contribution < -0.4 is 10.5 Å². The van der Waals surface area contributed by atoms with Gasteiger partial charge in [-0.1, -0.05) is 12.1 Å². The van der Waals surface area contributed by atoms with Crippen molar-refractivity contribution in [1.82, 2.24) is 0 Å². The number of halogens is 4. The molecule has 8 heteroatoms. The highest BCUT2D eigenvalue weighted by Crippen LogP contribution is 2.22. The minimum atomic E-state index is -4.74. The van der Waals surface area contributed by atoms with Gasteiger partial charge in [-0.15, -0.1) is 13.2 Å². The van der Waals surface area contributed by atoms with Gasteiger partial charge in [-0.3, -0.25) is 0 Å². The fourth-order valence-electron chi connectivity index (χ4n) is 1.22. The van der Waals surface area contributed by atoms with E-state index in [9.17, 15) is 18.0 Å². The van der Waals surface area contributed by atoms with E-state index >= 15 is 0 Å². The molecule has 4 nitrogen and oxygen atoms in total. The van der Waals surface area contributed by atoms with Gasteiger partial charge in [0.25, 0.3) is 0 Å². The zero-order valence-corrected chi connectivity index (χ0v) is 9.66. The van der Waals surface area contributed by atoms with Crippen molar-refractivity contribution in [2.75, 3.05) is 0 Å². The fraction of sp³-hybridized carbons (Fsp3) is 0.300. The Kier molecular flexibility index (Phi) is 4.80. The maximum absolute atomic E-state index is 11.9. The number of hydrogen-bond acceptors (Lipinski definition) is 4. The average molecular weight is 284 g/mol. The molecule has 0 saturated heterocycles. The minimum absolute atomic E-state index is 0.0951. The number of carbonyl (C=O) groups is 1. The van der Waals surface area contributed by atoms with Gasteiger partial charge in [0.15, 0.2) is 0 Å². The highest BCUT2D eigenvalue weighted by Gasteiger charge is 2.31. The molecule has 0 spiro atoms. The van der Waals surface area contributed by atoms with Crippen molar-refractivity contribution >= 4 is 17.8 Å². The Bertz CT molecular complexity index is 408. The van der Waals surface area contributed by atoms with Crippen LogP contribution in [0, 0.1) is 0 Å². The van der Waals surface area contributed by atoms with E-state index in [2.05, 4.69) is 9.03 Å². The molecule has 0 amide bonds.